The molecule has 0 unspecified atom stereocenters. The van der Waals surface area contributed by atoms with Gasteiger partial charge in [0.2, 0.25) is 5.56 Å². The highest BCUT2D eigenvalue weighted by atomic mass is 16.6. The second-order valence-electron chi connectivity index (χ2n) is 4.04. The molecule has 4 nitrogen and oxygen atoms in total. The van der Waals surface area contributed by atoms with Crippen LogP contribution in [0.25, 0.3) is 0 Å². The van der Waals surface area contributed by atoms with Gasteiger partial charge in [-0.1, -0.05) is 0 Å². The molecule has 4 heteroatoms. The average molecular weight is 193 g/mol. The summed E-state index contributed by atoms with van der Waals surface area (Å²) in [5, 5.41) is 0. The lowest BCUT2D eigenvalue weighted by atomic mass is 9.96. The first kappa shape index (κ1) is 8.99. The fourth-order valence-corrected chi connectivity index (χ4v) is 1.62. The molecule has 74 valence electrons. The number of H-pyrrole nitrogens is 1. The summed E-state index contributed by atoms with van der Waals surface area (Å²) in [7, 11) is 0. The van der Waals surface area contributed by atoms with Gasteiger partial charge in [0, 0.05) is 18.2 Å². The minimum Gasteiger partial charge on any atom is -0.456 e. The lowest BCUT2D eigenvalue weighted by molar-refractivity contribution is -0.00721. The van der Waals surface area contributed by atoms with Crippen LogP contribution in [0, 0.1) is 0 Å². The Morgan fingerprint density at radius 1 is 1.36 bits per heavy atom. The van der Waals surface area contributed by atoms with Crippen LogP contribution in [0.1, 0.15) is 29.9 Å². The number of cyclic esters (lactones) is 1. The number of aromatic amines is 1. The number of hydrogen-bond acceptors (Lipinski definition) is 3. The quantitative estimate of drug-likeness (QED) is 0.622. The summed E-state index contributed by atoms with van der Waals surface area (Å²) in [5.74, 6) is -0.368. The molecule has 0 aliphatic carbocycles. The van der Waals surface area contributed by atoms with Crippen molar-refractivity contribution in [1.29, 1.82) is 0 Å². The number of ether oxygens (including phenoxy) is 1. The van der Waals surface area contributed by atoms with Crippen LogP contribution >= 0.6 is 0 Å². The maximum absolute atomic E-state index is 11.5. The standard InChI is InChI=1S/C10H11NO3/c1-10(2)5-7-6(9(13)14-10)3-4-8(12)11-7/h3-4H,5H2,1-2H3,(H,11,12). The van der Waals surface area contributed by atoms with E-state index in [4.69, 9.17) is 4.74 Å². The predicted molar refractivity (Wildman–Crippen MR) is 50.3 cm³/mol. The molecule has 0 saturated heterocycles. The molecule has 0 bridgehead atoms. The summed E-state index contributed by atoms with van der Waals surface area (Å²) in [6, 6.07) is 2.84. The molecule has 0 amide bonds. The van der Waals surface area contributed by atoms with E-state index in [0.717, 1.165) is 0 Å². The summed E-state index contributed by atoms with van der Waals surface area (Å²) < 4.78 is 5.18. The molecule has 1 aliphatic rings. The number of pyridine rings is 1. The van der Waals surface area contributed by atoms with Gasteiger partial charge in [-0.2, -0.15) is 0 Å². The average Bonchev–Trinajstić information content (AvgIpc) is 2.00. The minimum absolute atomic E-state index is 0.186. The number of esters is 1. The summed E-state index contributed by atoms with van der Waals surface area (Å²) in [6.07, 6.45) is 0.546. The van der Waals surface area contributed by atoms with Gasteiger partial charge >= 0.3 is 5.97 Å². The molecule has 1 aromatic rings. The summed E-state index contributed by atoms with van der Waals surface area (Å²) in [4.78, 5) is 25.2. The number of nitrogens with one attached hydrogen (secondary N) is 1. The van der Waals surface area contributed by atoms with Crippen LogP contribution in [0.5, 0.6) is 0 Å². The molecular weight excluding hydrogens is 182 g/mol. The van der Waals surface area contributed by atoms with Crippen molar-refractivity contribution in [3.05, 3.63) is 33.7 Å². The third kappa shape index (κ3) is 1.43. The van der Waals surface area contributed by atoms with Crippen molar-refractivity contribution in [1.82, 2.24) is 4.98 Å². The number of fused-ring (bicyclic) bond motifs is 1. The number of hydrogen-bond donors (Lipinski definition) is 1. The number of carbonyl (C=O) groups excluding carboxylic acids is 1. The molecule has 2 rings (SSSR count). The van der Waals surface area contributed by atoms with Gasteiger partial charge in [0.15, 0.2) is 0 Å². The molecule has 0 atom stereocenters. The van der Waals surface area contributed by atoms with Crippen LogP contribution < -0.4 is 5.56 Å². The Kier molecular flexibility index (Phi) is 1.74. The van der Waals surface area contributed by atoms with E-state index in [1.165, 1.54) is 12.1 Å². The highest BCUT2D eigenvalue weighted by molar-refractivity contribution is 5.91. The Morgan fingerprint density at radius 3 is 2.79 bits per heavy atom. The summed E-state index contributed by atoms with van der Waals surface area (Å²) in [6.45, 7) is 3.64. The zero-order valence-electron chi connectivity index (χ0n) is 8.09. The maximum atomic E-state index is 11.5. The molecule has 0 saturated carbocycles. The van der Waals surface area contributed by atoms with Gasteiger partial charge in [-0.05, 0) is 19.9 Å². The van der Waals surface area contributed by atoms with Crippen molar-refractivity contribution in [2.75, 3.05) is 0 Å². The Morgan fingerprint density at radius 2 is 2.07 bits per heavy atom. The van der Waals surface area contributed by atoms with Gasteiger partial charge in [-0.15, -0.1) is 0 Å². The van der Waals surface area contributed by atoms with E-state index in [2.05, 4.69) is 4.98 Å². The molecule has 0 fully saturated rings. The Labute approximate surface area is 80.9 Å². The zero-order chi connectivity index (χ0) is 10.3. The molecule has 1 aliphatic heterocycles. The van der Waals surface area contributed by atoms with Crippen LogP contribution in [0.4, 0.5) is 0 Å². The highest BCUT2D eigenvalue weighted by Crippen LogP contribution is 2.24. The fraction of sp³-hybridized carbons (Fsp3) is 0.400. The summed E-state index contributed by atoms with van der Waals surface area (Å²) >= 11 is 0. The number of carbonyl (C=O) groups is 1. The van der Waals surface area contributed by atoms with Crippen molar-refractivity contribution >= 4 is 5.97 Å². The first-order valence-corrected chi connectivity index (χ1v) is 4.43. The Bertz CT molecular complexity index is 445. The second-order valence-corrected chi connectivity index (χ2v) is 4.04. The zero-order valence-corrected chi connectivity index (χ0v) is 8.09. The van der Waals surface area contributed by atoms with E-state index in [9.17, 15) is 9.59 Å². The van der Waals surface area contributed by atoms with E-state index in [0.29, 0.717) is 17.7 Å². The molecule has 0 radical (unpaired) electrons. The van der Waals surface area contributed by atoms with Gasteiger partial charge in [-0.25, -0.2) is 4.79 Å². The highest BCUT2D eigenvalue weighted by Gasteiger charge is 2.32. The van der Waals surface area contributed by atoms with Gasteiger partial charge in [0.05, 0.1) is 5.56 Å². The van der Waals surface area contributed by atoms with Crippen LogP contribution in [0.15, 0.2) is 16.9 Å². The number of rotatable bonds is 0. The summed E-state index contributed by atoms with van der Waals surface area (Å²) in [5.41, 5.74) is 0.408. The third-order valence-corrected chi connectivity index (χ3v) is 2.19. The van der Waals surface area contributed by atoms with E-state index in [1.54, 1.807) is 0 Å². The van der Waals surface area contributed by atoms with E-state index < -0.39 is 5.60 Å². The normalized spacial score (nSPS) is 18.6. The topological polar surface area (TPSA) is 59.2 Å². The monoisotopic (exact) mass is 193 g/mol. The van der Waals surface area contributed by atoms with Crippen LogP contribution in [-0.4, -0.2) is 16.6 Å². The van der Waals surface area contributed by atoms with Gasteiger partial charge < -0.3 is 9.72 Å². The van der Waals surface area contributed by atoms with Crippen LogP contribution in [0.3, 0.4) is 0 Å². The third-order valence-electron chi connectivity index (χ3n) is 2.19. The number of aromatic nitrogens is 1. The molecule has 2 heterocycles. The van der Waals surface area contributed by atoms with E-state index >= 15 is 0 Å². The van der Waals surface area contributed by atoms with Crippen molar-refractivity contribution in [2.24, 2.45) is 0 Å². The molecule has 1 aromatic heterocycles. The van der Waals surface area contributed by atoms with Crippen molar-refractivity contribution < 1.29 is 9.53 Å². The Balaban J connectivity index is 2.56. The largest absolute Gasteiger partial charge is 0.456 e. The molecule has 0 aromatic carbocycles. The van der Waals surface area contributed by atoms with Crippen LogP contribution in [-0.2, 0) is 11.2 Å². The first-order valence-electron chi connectivity index (χ1n) is 4.43. The van der Waals surface area contributed by atoms with Gasteiger partial charge in [-0.3, -0.25) is 4.79 Å². The predicted octanol–water partition coefficient (Wildman–Crippen LogP) is 0.866. The Hall–Kier alpha value is -1.58. The minimum atomic E-state index is -0.533. The fourth-order valence-electron chi connectivity index (χ4n) is 1.62. The van der Waals surface area contributed by atoms with Crippen molar-refractivity contribution in [2.45, 2.75) is 25.9 Å². The lowest BCUT2D eigenvalue weighted by Gasteiger charge is -2.30. The van der Waals surface area contributed by atoms with Crippen molar-refractivity contribution in [3.8, 4) is 0 Å². The smallest absolute Gasteiger partial charge is 0.340 e. The maximum Gasteiger partial charge on any atom is 0.340 e. The second kappa shape index (κ2) is 2.70. The van der Waals surface area contributed by atoms with Gasteiger partial charge in [0.1, 0.15) is 5.60 Å². The van der Waals surface area contributed by atoms with E-state index in [-0.39, 0.29) is 11.5 Å². The SMILES string of the molecule is CC1(C)Cc2[nH]c(=O)ccc2C(=O)O1. The molecule has 0 spiro atoms. The van der Waals surface area contributed by atoms with Gasteiger partial charge in [0.25, 0.3) is 0 Å². The van der Waals surface area contributed by atoms with Crippen molar-refractivity contribution in [3.63, 3.8) is 0 Å². The first-order chi connectivity index (χ1) is 6.48. The van der Waals surface area contributed by atoms with E-state index in [1.807, 2.05) is 13.8 Å². The van der Waals surface area contributed by atoms with Crippen LogP contribution in [0.2, 0.25) is 0 Å². The molecule has 1 N–H and O–H groups in total. The molecular formula is C10H11NO3. The molecule has 14 heavy (non-hydrogen) atoms. The lowest BCUT2D eigenvalue weighted by Crippen LogP contribution is -2.37.